The largest absolute Gasteiger partial charge is 0.334 e. The summed E-state index contributed by atoms with van der Waals surface area (Å²) in [5.74, 6) is 0.689. The van der Waals surface area contributed by atoms with E-state index in [0.29, 0.717) is 12.5 Å². The summed E-state index contributed by atoms with van der Waals surface area (Å²) in [5.41, 5.74) is 1.10. The van der Waals surface area contributed by atoms with Crippen molar-refractivity contribution < 1.29 is 4.79 Å². The summed E-state index contributed by atoms with van der Waals surface area (Å²) in [5, 5.41) is 5.49. The van der Waals surface area contributed by atoms with Gasteiger partial charge in [0, 0.05) is 12.7 Å². The minimum atomic E-state index is -0.152. The highest BCUT2D eigenvalue weighted by atomic mass is 16.2. The van der Waals surface area contributed by atoms with Crippen LogP contribution < -0.4 is 10.6 Å². The molecule has 16 heavy (non-hydrogen) atoms. The van der Waals surface area contributed by atoms with Crippen molar-refractivity contribution in [3.8, 4) is 0 Å². The Morgan fingerprint density at radius 3 is 2.75 bits per heavy atom. The number of allylic oxidation sites excluding steroid dienone is 1. The summed E-state index contributed by atoms with van der Waals surface area (Å²) in [7, 11) is 0. The van der Waals surface area contributed by atoms with Gasteiger partial charge in [0.1, 0.15) is 0 Å². The van der Waals surface area contributed by atoms with Gasteiger partial charge in [-0.25, -0.2) is 4.79 Å². The normalized spacial score (nSPS) is 15.0. The molecule has 3 heteroatoms. The van der Waals surface area contributed by atoms with E-state index in [0.717, 1.165) is 5.56 Å². The summed E-state index contributed by atoms with van der Waals surface area (Å²) < 4.78 is 0. The Labute approximate surface area is 95.6 Å². The van der Waals surface area contributed by atoms with Crippen molar-refractivity contribution in [2.75, 3.05) is 0 Å². The molecule has 0 saturated heterocycles. The second kappa shape index (κ2) is 5.35. The van der Waals surface area contributed by atoms with Gasteiger partial charge in [0.2, 0.25) is 0 Å². The molecule has 2 rings (SSSR count). The van der Waals surface area contributed by atoms with Crippen LogP contribution in [0.25, 0.3) is 0 Å². The Bertz CT molecular complexity index is 369. The first-order chi connectivity index (χ1) is 7.84. The SMILES string of the molecule is O=C(N/C=C/C1CC1)NCc1ccccc1. The summed E-state index contributed by atoms with van der Waals surface area (Å²) in [6, 6.07) is 9.70. The first-order valence-corrected chi connectivity index (χ1v) is 5.59. The standard InChI is InChI=1S/C13H16N2O/c16-13(14-9-8-11-6-7-11)15-10-12-4-2-1-3-5-12/h1-5,8-9,11H,6-7,10H2,(H2,14,15,16)/b9-8+. The van der Waals surface area contributed by atoms with Crippen molar-refractivity contribution in [3.63, 3.8) is 0 Å². The number of nitrogens with one attached hydrogen (secondary N) is 2. The van der Waals surface area contributed by atoms with E-state index in [4.69, 9.17) is 0 Å². The number of hydrogen-bond donors (Lipinski definition) is 2. The maximum atomic E-state index is 11.3. The van der Waals surface area contributed by atoms with Crippen LogP contribution >= 0.6 is 0 Å². The third-order valence-electron chi connectivity index (χ3n) is 2.50. The Morgan fingerprint density at radius 2 is 2.06 bits per heavy atom. The van der Waals surface area contributed by atoms with Crippen LogP contribution in [0.15, 0.2) is 42.6 Å². The molecule has 0 aromatic heterocycles. The Balaban J connectivity index is 1.67. The lowest BCUT2D eigenvalue weighted by Crippen LogP contribution is -2.31. The van der Waals surface area contributed by atoms with Crippen molar-refractivity contribution in [2.45, 2.75) is 19.4 Å². The van der Waals surface area contributed by atoms with Gasteiger partial charge in [-0.15, -0.1) is 0 Å². The van der Waals surface area contributed by atoms with Crippen LogP contribution in [0.2, 0.25) is 0 Å². The van der Waals surface area contributed by atoms with Crippen LogP contribution in [0.4, 0.5) is 4.79 Å². The molecule has 84 valence electrons. The minimum Gasteiger partial charge on any atom is -0.334 e. The van der Waals surface area contributed by atoms with Crippen LogP contribution in [0.5, 0.6) is 0 Å². The van der Waals surface area contributed by atoms with Gasteiger partial charge >= 0.3 is 6.03 Å². The zero-order valence-electron chi connectivity index (χ0n) is 9.15. The molecule has 0 unspecified atom stereocenters. The van der Waals surface area contributed by atoms with Crippen LogP contribution in [-0.2, 0) is 6.54 Å². The summed E-state index contributed by atoms with van der Waals surface area (Å²) >= 11 is 0. The molecule has 3 nitrogen and oxygen atoms in total. The van der Waals surface area contributed by atoms with E-state index in [1.54, 1.807) is 6.20 Å². The fourth-order valence-corrected chi connectivity index (χ4v) is 1.38. The summed E-state index contributed by atoms with van der Waals surface area (Å²) in [6.07, 6.45) is 6.29. The Hall–Kier alpha value is -1.77. The first kappa shape index (κ1) is 10.7. The maximum absolute atomic E-state index is 11.3. The van der Waals surface area contributed by atoms with Crippen LogP contribution in [-0.4, -0.2) is 6.03 Å². The van der Waals surface area contributed by atoms with Crippen molar-refractivity contribution in [2.24, 2.45) is 5.92 Å². The predicted molar refractivity (Wildman–Crippen MR) is 63.7 cm³/mol. The minimum absolute atomic E-state index is 0.152. The van der Waals surface area contributed by atoms with Gasteiger partial charge in [-0.2, -0.15) is 0 Å². The molecule has 2 N–H and O–H groups in total. The fourth-order valence-electron chi connectivity index (χ4n) is 1.38. The molecule has 1 fully saturated rings. The van der Waals surface area contributed by atoms with E-state index in [1.165, 1.54) is 12.8 Å². The van der Waals surface area contributed by atoms with Gasteiger partial charge in [0.25, 0.3) is 0 Å². The quantitative estimate of drug-likeness (QED) is 0.797. The number of benzene rings is 1. The smallest absolute Gasteiger partial charge is 0.319 e. The average molecular weight is 216 g/mol. The van der Waals surface area contributed by atoms with E-state index >= 15 is 0 Å². The molecule has 0 atom stereocenters. The number of hydrogen-bond acceptors (Lipinski definition) is 1. The third kappa shape index (κ3) is 3.77. The first-order valence-electron chi connectivity index (χ1n) is 5.59. The number of carbonyl (C=O) groups excluding carboxylic acids is 1. The van der Waals surface area contributed by atoms with E-state index in [9.17, 15) is 4.79 Å². The number of rotatable bonds is 4. The monoisotopic (exact) mass is 216 g/mol. The molecular formula is C13H16N2O. The van der Waals surface area contributed by atoms with Gasteiger partial charge in [0.15, 0.2) is 0 Å². The molecule has 1 aromatic carbocycles. The topological polar surface area (TPSA) is 41.1 Å². The lowest BCUT2D eigenvalue weighted by molar-refractivity contribution is 0.243. The van der Waals surface area contributed by atoms with E-state index in [1.807, 2.05) is 36.4 Å². The molecule has 1 aliphatic rings. The zero-order valence-corrected chi connectivity index (χ0v) is 9.15. The second-order valence-corrected chi connectivity index (χ2v) is 4.01. The van der Waals surface area contributed by atoms with Gasteiger partial charge < -0.3 is 10.6 Å². The highest BCUT2D eigenvalue weighted by molar-refractivity contribution is 5.74. The van der Waals surface area contributed by atoms with Crippen molar-refractivity contribution in [3.05, 3.63) is 48.2 Å². The van der Waals surface area contributed by atoms with Gasteiger partial charge in [-0.1, -0.05) is 36.4 Å². The van der Waals surface area contributed by atoms with E-state index < -0.39 is 0 Å². The third-order valence-corrected chi connectivity index (χ3v) is 2.50. The molecular weight excluding hydrogens is 200 g/mol. The molecule has 1 saturated carbocycles. The van der Waals surface area contributed by atoms with Crippen molar-refractivity contribution in [1.82, 2.24) is 10.6 Å². The predicted octanol–water partition coefficient (Wildman–Crippen LogP) is 2.41. The number of amides is 2. The van der Waals surface area contributed by atoms with Gasteiger partial charge in [-0.3, -0.25) is 0 Å². The lowest BCUT2D eigenvalue weighted by atomic mass is 10.2. The molecule has 0 bridgehead atoms. The maximum Gasteiger partial charge on any atom is 0.319 e. The molecule has 0 aliphatic heterocycles. The molecule has 0 radical (unpaired) electrons. The summed E-state index contributed by atoms with van der Waals surface area (Å²) in [4.78, 5) is 11.3. The molecule has 1 aromatic rings. The molecule has 0 spiro atoms. The Kier molecular flexibility index (Phi) is 3.59. The highest BCUT2D eigenvalue weighted by Gasteiger charge is 2.16. The van der Waals surface area contributed by atoms with Gasteiger partial charge in [-0.05, 0) is 24.3 Å². The highest BCUT2D eigenvalue weighted by Crippen LogP contribution is 2.29. The Morgan fingerprint density at radius 1 is 1.31 bits per heavy atom. The van der Waals surface area contributed by atoms with Crippen molar-refractivity contribution >= 4 is 6.03 Å². The fraction of sp³-hybridized carbons (Fsp3) is 0.308. The van der Waals surface area contributed by atoms with Gasteiger partial charge in [0.05, 0.1) is 0 Å². The second-order valence-electron chi connectivity index (χ2n) is 4.01. The number of urea groups is 1. The van der Waals surface area contributed by atoms with Crippen LogP contribution in [0, 0.1) is 5.92 Å². The van der Waals surface area contributed by atoms with Crippen molar-refractivity contribution in [1.29, 1.82) is 0 Å². The van der Waals surface area contributed by atoms with Crippen LogP contribution in [0.1, 0.15) is 18.4 Å². The van der Waals surface area contributed by atoms with Crippen LogP contribution in [0.3, 0.4) is 0 Å². The number of carbonyl (C=O) groups is 1. The molecule has 0 heterocycles. The van der Waals surface area contributed by atoms with E-state index in [-0.39, 0.29) is 6.03 Å². The molecule has 2 amide bonds. The van der Waals surface area contributed by atoms with E-state index in [2.05, 4.69) is 10.6 Å². The molecule has 1 aliphatic carbocycles. The zero-order chi connectivity index (χ0) is 11.2. The summed E-state index contributed by atoms with van der Waals surface area (Å²) in [6.45, 7) is 0.559. The average Bonchev–Trinajstić information content (AvgIpc) is 3.12. The lowest BCUT2D eigenvalue weighted by Gasteiger charge is -2.04.